The summed E-state index contributed by atoms with van der Waals surface area (Å²) in [7, 11) is 0. The van der Waals surface area contributed by atoms with Crippen molar-refractivity contribution < 1.29 is 28.7 Å². The molecule has 9 nitrogen and oxygen atoms in total. The van der Waals surface area contributed by atoms with Crippen molar-refractivity contribution in [1.29, 1.82) is 0 Å². The van der Waals surface area contributed by atoms with Crippen LogP contribution in [0.15, 0.2) is 83.1 Å². The first-order valence-corrected chi connectivity index (χ1v) is 9.45. The van der Waals surface area contributed by atoms with Crippen LogP contribution in [0, 0.1) is 0 Å². The number of hydrogen-bond acceptors (Lipinski definition) is 5. The highest BCUT2D eigenvalue weighted by Gasteiger charge is 2.17. The smallest absolute Gasteiger partial charge is 0.322 e. The Morgan fingerprint density at radius 1 is 0.875 bits per heavy atom. The van der Waals surface area contributed by atoms with Crippen molar-refractivity contribution in [3.63, 3.8) is 0 Å². The first-order chi connectivity index (χ1) is 15.4. The lowest BCUT2D eigenvalue weighted by atomic mass is 10.1. The fourth-order valence-corrected chi connectivity index (χ4v) is 2.63. The molecule has 162 valence electrons. The number of carboxylic acid groups (broad SMARTS) is 1. The van der Waals surface area contributed by atoms with Gasteiger partial charge in [-0.3, -0.25) is 19.2 Å². The fourth-order valence-electron chi connectivity index (χ4n) is 2.63. The maximum atomic E-state index is 12.8. The van der Waals surface area contributed by atoms with Gasteiger partial charge in [0.15, 0.2) is 5.76 Å². The fraction of sp³-hybridized carbons (Fsp3) is 0.0435. The summed E-state index contributed by atoms with van der Waals surface area (Å²) in [4.78, 5) is 47.7. The van der Waals surface area contributed by atoms with Crippen LogP contribution in [0.3, 0.4) is 0 Å². The first kappa shape index (κ1) is 22.0. The average molecular weight is 433 g/mol. The maximum Gasteiger partial charge on any atom is 0.322 e. The number of hydrogen-bond donors (Lipinski definition) is 4. The van der Waals surface area contributed by atoms with Crippen LogP contribution in [0.5, 0.6) is 0 Å². The molecule has 4 N–H and O–H groups in total. The number of carbonyl (C=O) groups excluding carboxylic acids is 3. The number of amides is 3. The molecule has 0 unspecified atom stereocenters. The van der Waals surface area contributed by atoms with Crippen molar-refractivity contribution in [3.8, 4) is 0 Å². The summed E-state index contributed by atoms with van der Waals surface area (Å²) in [5, 5.41) is 16.1. The molecule has 0 fully saturated rings. The monoisotopic (exact) mass is 433 g/mol. The van der Waals surface area contributed by atoms with Crippen LogP contribution in [-0.4, -0.2) is 35.3 Å². The molecular weight excluding hydrogens is 414 g/mol. The zero-order valence-electron chi connectivity index (χ0n) is 16.7. The number of furan rings is 1. The highest BCUT2D eigenvalue weighted by molar-refractivity contribution is 6.10. The van der Waals surface area contributed by atoms with Crippen molar-refractivity contribution in [3.05, 3.63) is 95.6 Å². The zero-order valence-corrected chi connectivity index (χ0v) is 16.7. The predicted molar refractivity (Wildman–Crippen MR) is 116 cm³/mol. The van der Waals surface area contributed by atoms with E-state index in [0.717, 1.165) is 0 Å². The molecular formula is C23H19N3O6. The SMILES string of the molecule is O=C(O)CNC(=O)c1ccc(NC(=O)/C(=C\c2ccccc2)NC(=O)c2ccco2)cc1. The zero-order chi connectivity index (χ0) is 22.9. The van der Waals surface area contributed by atoms with Gasteiger partial charge in [-0.15, -0.1) is 0 Å². The molecule has 2 aromatic carbocycles. The molecule has 3 aromatic rings. The van der Waals surface area contributed by atoms with Gasteiger partial charge in [-0.05, 0) is 48.0 Å². The number of benzene rings is 2. The minimum Gasteiger partial charge on any atom is -0.480 e. The molecule has 0 spiro atoms. The molecule has 0 saturated heterocycles. The van der Waals surface area contributed by atoms with Gasteiger partial charge >= 0.3 is 5.97 Å². The Balaban J connectivity index is 1.74. The van der Waals surface area contributed by atoms with Crippen molar-refractivity contribution in [2.24, 2.45) is 0 Å². The molecule has 0 aliphatic carbocycles. The van der Waals surface area contributed by atoms with E-state index < -0.39 is 30.2 Å². The molecule has 32 heavy (non-hydrogen) atoms. The van der Waals surface area contributed by atoms with E-state index in [0.29, 0.717) is 11.3 Å². The Morgan fingerprint density at radius 2 is 1.59 bits per heavy atom. The number of anilines is 1. The van der Waals surface area contributed by atoms with Gasteiger partial charge in [-0.25, -0.2) is 0 Å². The van der Waals surface area contributed by atoms with Gasteiger partial charge in [0.25, 0.3) is 17.7 Å². The van der Waals surface area contributed by atoms with E-state index >= 15 is 0 Å². The van der Waals surface area contributed by atoms with Crippen molar-refractivity contribution in [1.82, 2.24) is 10.6 Å². The molecule has 0 aliphatic heterocycles. The largest absolute Gasteiger partial charge is 0.480 e. The van der Waals surface area contributed by atoms with E-state index in [1.165, 1.54) is 42.7 Å². The van der Waals surface area contributed by atoms with E-state index in [1.807, 2.05) is 6.07 Å². The van der Waals surface area contributed by atoms with Gasteiger partial charge in [-0.1, -0.05) is 30.3 Å². The highest BCUT2D eigenvalue weighted by atomic mass is 16.4. The molecule has 0 radical (unpaired) electrons. The summed E-state index contributed by atoms with van der Waals surface area (Å²) in [5.41, 5.74) is 1.29. The standard InChI is InChI=1S/C23H19N3O6/c27-20(28)14-24-21(29)16-8-10-17(11-9-16)25-22(30)18(13-15-5-2-1-3-6-15)26-23(31)19-7-4-12-32-19/h1-13H,14H2,(H,24,29)(H,25,30)(H,26,31)(H,27,28)/b18-13+. The number of carbonyl (C=O) groups is 4. The first-order valence-electron chi connectivity index (χ1n) is 9.45. The van der Waals surface area contributed by atoms with Crippen LogP contribution in [-0.2, 0) is 9.59 Å². The second-order valence-electron chi connectivity index (χ2n) is 6.51. The summed E-state index contributed by atoms with van der Waals surface area (Å²) in [6, 6.07) is 17.9. The van der Waals surface area contributed by atoms with Crippen molar-refractivity contribution >= 4 is 35.5 Å². The van der Waals surface area contributed by atoms with Crippen LogP contribution in [0.1, 0.15) is 26.5 Å². The predicted octanol–water partition coefficient (Wildman–Crippen LogP) is 2.50. The van der Waals surface area contributed by atoms with E-state index in [9.17, 15) is 19.2 Å². The molecule has 0 atom stereocenters. The minimum atomic E-state index is -1.16. The second kappa shape index (κ2) is 10.4. The summed E-state index contributed by atoms with van der Waals surface area (Å²) < 4.78 is 5.07. The molecule has 9 heteroatoms. The number of carboxylic acids is 1. The third-order valence-corrected chi connectivity index (χ3v) is 4.15. The molecule has 1 aromatic heterocycles. The molecule has 1 heterocycles. The molecule has 3 amide bonds. The Morgan fingerprint density at radius 3 is 2.22 bits per heavy atom. The van der Waals surface area contributed by atoms with E-state index in [-0.39, 0.29) is 17.0 Å². The average Bonchev–Trinajstić information content (AvgIpc) is 3.33. The van der Waals surface area contributed by atoms with Crippen LogP contribution in [0.25, 0.3) is 6.08 Å². The minimum absolute atomic E-state index is 0.0131. The van der Waals surface area contributed by atoms with Crippen molar-refractivity contribution in [2.75, 3.05) is 11.9 Å². The van der Waals surface area contributed by atoms with Crippen LogP contribution < -0.4 is 16.0 Å². The third-order valence-electron chi connectivity index (χ3n) is 4.15. The highest BCUT2D eigenvalue weighted by Crippen LogP contribution is 2.13. The Kier molecular flexibility index (Phi) is 7.16. The Bertz CT molecular complexity index is 1140. The summed E-state index contributed by atoms with van der Waals surface area (Å²) in [6.07, 6.45) is 2.87. The van der Waals surface area contributed by atoms with Crippen molar-refractivity contribution in [2.45, 2.75) is 0 Å². The van der Waals surface area contributed by atoms with Gasteiger partial charge in [0.05, 0.1) is 6.26 Å². The van der Waals surface area contributed by atoms with Crippen LogP contribution in [0.2, 0.25) is 0 Å². The van der Waals surface area contributed by atoms with E-state index in [4.69, 9.17) is 9.52 Å². The van der Waals surface area contributed by atoms with Crippen LogP contribution >= 0.6 is 0 Å². The summed E-state index contributed by atoms with van der Waals surface area (Å²) in [5.74, 6) is -2.83. The third kappa shape index (κ3) is 6.17. The molecule has 0 bridgehead atoms. The molecule has 0 saturated carbocycles. The summed E-state index contributed by atoms with van der Waals surface area (Å²) >= 11 is 0. The number of aliphatic carboxylic acids is 1. The lowest BCUT2D eigenvalue weighted by molar-refractivity contribution is -0.135. The van der Waals surface area contributed by atoms with Crippen LogP contribution in [0.4, 0.5) is 5.69 Å². The Labute approximate surface area is 182 Å². The van der Waals surface area contributed by atoms with Gasteiger partial charge in [0.2, 0.25) is 0 Å². The lowest BCUT2D eigenvalue weighted by Gasteiger charge is -2.11. The normalized spacial score (nSPS) is 10.8. The molecule has 0 aliphatic rings. The van der Waals surface area contributed by atoms with Gasteiger partial charge < -0.3 is 25.5 Å². The number of rotatable bonds is 8. The molecule has 3 rings (SSSR count). The maximum absolute atomic E-state index is 12.8. The van der Waals surface area contributed by atoms with Gasteiger partial charge in [-0.2, -0.15) is 0 Å². The van der Waals surface area contributed by atoms with E-state index in [1.54, 1.807) is 30.3 Å². The summed E-state index contributed by atoms with van der Waals surface area (Å²) in [6.45, 7) is -0.500. The number of nitrogens with one attached hydrogen (secondary N) is 3. The van der Waals surface area contributed by atoms with Gasteiger partial charge in [0.1, 0.15) is 12.2 Å². The topological polar surface area (TPSA) is 138 Å². The lowest BCUT2D eigenvalue weighted by Crippen LogP contribution is -2.30. The Hall–Kier alpha value is -4.66. The quantitative estimate of drug-likeness (QED) is 0.403. The second-order valence-corrected chi connectivity index (χ2v) is 6.51. The van der Waals surface area contributed by atoms with E-state index in [2.05, 4.69) is 16.0 Å². The van der Waals surface area contributed by atoms with Gasteiger partial charge in [0, 0.05) is 11.3 Å².